The van der Waals surface area contributed by atoms with Gasteiger partial charge in [0.15, 0.2) is 0 Å². The molecule has 9 aromatic carbocycles. The van der Waals surface area contributed by atoms with E-state index < -0.39 is 0 Å². The number of nitrogens with zero attached hydrogens (tertiary/aromatic N) is 1. The fraction of sp³-hybridized carbons (Fsp3) is 0. The average molecular weight is 590 g/mol. The summed E-state index contributed by atoms with van der Waals surface area (Å²) < 4.78 is 17.1. The molecule has 0 saturated carbocycles. The second kappa shape index (κ2) is 10.6. The summed E-state index contributed by atoms with van der Waals surface area (Å²) in [5.41, 5.74) is 5.97. The lowest BCUT2D eigenvalue weighted by Crippen LogP contribution is -2.14. The Kier molecular flexibility index (Phi) is 6.07. The maximum absolute atomic E-state index is 17.1. The SMILES string of the molecule is Fc1cc(-c2ccccc2)cc(-c2ccccc2)c1N(c1ccccc1)c1ccc2c3ccccc3c3cccc4ccc1c2c43. The first-order valence-electron chi connectivity index (χ1n) is 15.6. The molecule has 0 unspecified atom stereocenters. The topological polar surface area (TPSA) is 3.24 Å². The molecule has 0 saturated heterocycles. The van der Waals surface area contributed by atoms with Crippen LogP contribution in [0.15, 0.2) is 170 Å². The van der Waals surface area contributed by atoms with E-state index in [4.69, 9.17) is 0 Å². The number of hydrogen-bond donors (Lipinski definition) is 0. The molecule has 0 aliphatic heterocycles. The number of rotatable bonds is 5. The number of hydrogen-bond acceptors (Lipinski definition) is 1. The Hall–Kier alpha value is -5.99. The van der Waals surface area contributed by atoms with Crippen molar-refractivity contribution >= 4 is 60.2 Å². The molecule has 0 aromatic heterocycles. The van der Waals surface area contributed by atoms with Gasteiger partial charge in [0.1, 0.15) is 5.82 Å². The largest absolute Gasteiger partial charge is 0.307 e. The summed E-state index contributed by atoms with van der Waals surface area (Å²) in [7, 11) is 0. The fourth-order valence-electron chi connectivity index (χ4n) is 7.23. The van der Waals surface area contributed by atoms with Gasteiger partial charge in [-0.1, -0.05) is 140 Å². The molecule has 0 radical (unpaired) electrons. The molecule has 0 aliphatic rings. The van der Waals surface area contributed by atoms with Crippen LogP contribution in [0.4, 0.5) is 21.5 Å². The van der Waals surface area contributed by atoms with E-state index in [9.17, 15) is 0 Å². The van der Waals surface area contributed by atoms with Gasteiger partial charge in [-0.05, 0) is 79.3 Å². The zero-order valence-electron chi connectivity index (χ0n) is 25.0. The average Bonchev–Trinajstić information content (AvgIpc) is 3.13. The zero-order valence-corrected chi connectivity index (χ0v) is 25.0. The molecule has 0 fully saturated rings. The Bertz CT molecular complexity index is 2520. The minimum Gasteiger partial charge on any atom is -0.307 e. The van der Waals surface area contributed by atoms with Crippen molar-refractivity contribution in [1.82, 2.24) is 0 Å². The molecule has 0 bridgehead atoms. The number of fused-ring (bicyclic) bond motifs is 3. The third-order valence-electron chi connectivity index (χ3n) is 9.24. The summed E-state index contributed by atoms with van der Waals surface area (Å²) in [6, 6.07) is 58.2. The fourth-order valence-corrected chi connectivity index (χ4v) is 7.23. The standard InChI is InChI=1S/C44H28FN/c45-40-28-32(29-13-4-1-5-14-29)27-39(30-15-6-2-7-16-30)44(40)46(33-18-8-3-9-19-33)41-26-25-37-35-21-11-10-20-34(35)36-22-12-17-31-23-24-38(41)43(37)42(31)36/h1-28H. The second-order valence-corrected chi connectivity index (χ2v) is 11.8. The van der Waals surface area contributed by atoms with Gasteiger partial charge in [-0.2, -0.15) is 0 Å². The van der Waals surface area contributed by atoms with Crippen LogP contribution in [0.2, 0.25) is 0 Å². The van der Waals surface area contributed by atoms with Gasteiger partial charge in [0.2, 0.25) is 0 Å². The molecule has 9 rings (SSSR count). The molecule has 0 atom stereocenters. The van der Waals surface area contributed by atoms with Gasteiger partial charge < -0.3 is 4.90 Å². The lowest BCUT2D eigenvalue weighted by Gasteiger charge is -2.30. The lowest BCUT2D eigenvalue weighted by atomic mass is 9.88. The first-order valence-corrected chi connectivity index (χ1v) is 15.6. The highest BCUT2D eigenvalue weighted by molar-refractivity contribution is 6.35. The number of halogens is 1. The summed E-state index contributed by atoms with van der Waals surface area (Å²) >= 11 is 0. The molecule has 216 valence electrons. The molecule has 2 heteroatoms. The maximum atomic E-state index is 17.1. The number of benzene rings is 9. The normalized spacial score (nSPS) is 11.6. The van der Waals surface area contributed by atoms with Crippen molar-refractivity contribution in [1.29, 1.82) is 0 Å². The van der Waals surface area contributed by atoms with Crippen molar-refractivity contribution in [3.63, 3.8) is 0 Å². The summed E-state index contributed by atoms with van der Waals surface area (Å²) in [4.78, 5) is 2.11. The Balaban J connectivity index is 1.40. The van der Waals surface area contributed by atoms with Crippen LogP contribution in [0.25, 0.3) is 65.3 Å². The molecule has 0 N–H and O–H groups in total. The Morgan fingerprint density at radius 1 is 0.391 bits per heavy atom. The van der Waals surface area contributed by atoms with E-state index in [0.717, 1.165) is 39.0 Å². The highest BCUT2D eigenvalue weighted by Gasteiger charge is 2.25. The maximum Gasteiger partial charge on any atom is 0.148 e. The van der Waals surface area contributed by atoms with Gasteiger partial charge in [-0.15, -0.1) is 0 Å². The van der Waals surface area contributed by atoms with Crippen LogP contribution in [0.1, 0.15) is 0 Å². The minimum atomic E-state index is -0.278. The van der Waals surface area contributed by atoms with Gasteiger partial charge in [-0.25, -0.2) is 4.39 Å². The van der Waals surface area contributed by atoms with Crippen LogP contribution in [0.5, 0.6) is 0 Å². The molecule has 0 aliphatic carbocycles. The van der Waals surface area contributed by atoms with E-state index in [2.05, 4.69) is 102 Å². The summed E-state index contributed by atoms with van der Waals surface area (Å²) in [5, 5.41) is 9.64. The predicted molar refractivity (Wildman–Crippen MR) is 193 cm³/mol. The Morgan fingerprint density at radius 2 is 0.978 bits per heavy atom. The highest BCUT2D eigenvalue weighted by Crippen LogP contribution is 2.49. The molecular weight excluding hydrogens is 561 g/mol. The van der Waals surface area contributed by atoms with Gasteiger partial charge in [0.25, 0.3) is 0 Å². The molecule has 0 amide bonds. The predicted octanol–water partition coefficient (Wildman–Crippen LogP) is 12.7. The molecule has 0 spiro atoms. The molecular formula is C44H28FN. The van der Waals surface area contributed by atoms with Crippen molar-refractivity contribution in [3.05, 3.63) is 176 Å². The van der Waals surface area contributed by atoms with E-state index in [1.54, 1.807) is 6.07 Å². The number of para-hydroxylation sites is 1. The Morgan fingerprint density at radius 3 is 1.70 bits per heavy atom. The number of anilines is 3. The van der Waals surface area contributed by atoms with Crippen molar-refractivity contribution in [2.75, 3.05) is 4.90 Å². The van der Waals surface area contributed by atoms with Gasteiger partial charge in [0.05, 0.1) is 11.4 Å². The van der Waals surface area contributed by atoms with Gasteiger partial charge in [-0.3, -0.25) is 0 Å². The van der Waals surface area contributed by atoms with Crippen LogP contribution >= 0.6 is 0 Å². The monoisotopic (exact) mass is 589 g/mol. The minimum absolute atomic E-state index is 0.278. The third-order valence-corrected chi connectivity index (χ3v) is 9.24. The van der Waals surface area contributed by atoms with Crippen LogP contribution in [-0.2, 0) is 0 Å². The molecule has 0 heterocycles. The van der Waals surface area contributed by atoms with E-state index >= 15 is 4.39 Å². The van der Waals surface area contributed by atoms with Gasteiger partial charge >= 0.3 is 0 Å². The van der Waals surface area contributed by atoms with Crippen LogP contribution in [-0.4, -0.2) is 0 Å². The highest BCUT2D eigenvalue weighted by atomic mass is 19.1. The van der Waals surface area contributed by atoms with E-state index in [1.165, 1.54) is 37.7 Å². The quantitative estimate of drug-likeness (QED) is 0.143. The zero-order chi connectivity index (χ0) is 30.6. The van der Waals surface area contributed by atoms with Crippen LogP contribution in [0, 0.1) is 5.82 Å². The van der Waals surface area contributed by atoms with Crippen molar-refractivity contribution in [2.24, 2.45) is 0 Å². The van der Waals surface area contributed by atoms with E-state index in [1.807, 2.05) is 66.7 Å². The van der Waals surface area contributed by atoms with E-state index in [-0.39, 0.29) is 5.82 Å². The van der Waals surface area contributed by atoms with Gasteiger partial charge in [0, 0.05) is 22.0 Å². The molecule has 9 aromatic rings. The van der Waals surface area contributed by atoms with E-state index in [0.29, 0.717) is 5.69 Å². The summed E-state index contributed by atoms with van der Waals surface area (Å²) in [6.45, 7) is 0. The smallest absolute Gasteiger partial charge is 0.148 e. The summed E-state index contributed by atoms with van der Waals surface area (Å²) in [5.74, 6) is -0.278. The summed E-state index contributed by atoms with van der Waals surface area (Å²) in [6.07, 6.45) is 0. The lowest BCUT2D eigenvalue weighted by molar-refractivity contribution is 0.630. The second-order valence-electron chi connectivity index (χ2n) is 11.8. The first kappa shape index (κ1) is 26.4. The van der Waals surface area contributed by atoms with Crippen LogP contribution in [0.3, 0.4) is 0 Å². The Labute approximate surface area is 266 Å². The third kappa shape index (κ3) is 4.08. The molecule has 46 heavy (non-hydrogen) atoms. The molecule has 1 nitrogen and oxygen atoms in total. The first-order chi connectivity index (χ1) is 22.8. The van der Waals surface area contributed by atoms with Crippen molar-refractivity contribution < 1.29 is 4.39 Å². The van der Waals surface area contributed by atoms with Crippen molar-refractivity contribution in [2.45, 2.75) is 0 Å². The van der Waals surface area contributed by atoms with Crippen molar-refractivity contribution in [3.8, 4) is 22.3 Å². The van der Waals surface area contributed by atoms with Crippen LogP contribution < -0.4 is 4.90 Å².